The van der Waals surface area contributed by atoms with Crippen molar-refractivity contribution in [2.75, 3.05) is 14.2 Å². The number of ether oxygens (including phenoxy) is 2. The van der Waals surface area contributed by atoms with Gasteiger partial charge in [0.1, 0.15) is 0 Å². The van der Waals surface area contributed by atoms with E-state index in [9.17, 15) is 9.90 Å². The van der Waals surface area contributed by atoms with Crippen LogP contribution in [0.15, 0.2) is 11.5 Å². The molecule has 0 fully saturated rings. The predicted octanol–water partition coefficient (Wildman–Crippen LogP) is -3.60. The second-order valence-corrected chi connectivity index (χ2v) is 1.61. The van der Waals surface area contributed by atoms with Crippen LogP contribution >= 0.6 is 0 Å². The van der Waals surface area contributed by atoms with Gasteiger partial charge in [-0.2, -0.15) is 0 Å². The summed E-state index contributed by atoms with van der Waals surface area (Å²) in [6, 6.07) is 0. The van der Waals surface area contributed by atoms with Gasteiger partial charge in [-0.1, -0.05) is 0 Å². The topological polar surface area (TPSA) is 58.6 Å². The molecule has 0 saturated carbocycles. The van der Waals surface area contributed by atoms with Crippen molar-refractivity contribution >= 4 is 5.97 Å². The van der Waals surface area contributed by atoms with Crippen LogP contribution in [-0.4, -0.2) is 20.2 Å². The molecule has 0 spiro atoms. The normalized spacial score (nSPS) is 10.8. The Balaban J connectivity index is 0. The van der Waals surface area contributed by atoms with Gasteiger partial charge >= 0.3 is 35.5 Å². The second-order valence-electron chi connectivity index (χ2n) is 1.61. The minimum Gasteiger partial charge on any atom is -0.616 e. The zero-order valence-electron chi connectivity index (χ0n) is 7.13. The molecule has 0 amide bonds. The molecule has 0 saturated heterocycles. The van der Waals surface area contributed by atoms with Crippen molar-refractivity contribution in [1.82, 2.24) is 0 Å². The van der Waals surface area contributed by atoms with Gasteiger partial charge in [-0.05, 0) is 14.0 Å². The summed E-state index contributed by atoms with van der Waals surface area (Å²) in [5, 5.41) is 10.6. The zero-order chi connectivity index (χ0) is 8.15. The van der Waals surface area contributed by atoms with Gasteiger partial charge in [0.25, 0.3) is 0 Å². The predicted molar refractivity (Wildman–Crippen MR) is 31.7 cm³/mol. The van der Waals surface area contributed by atoms with Gasteiger partial charge in [0.2, 0.25) is 0 Å². The molecule has 0 aromatic carbocycles. The van der Waals surface area contributed by atoms with Crippen molar-refractivity contribution in [2.45, 2.75) is 6.92 Å². The molecule has 0 aromatic heterocycles. The van der Waals surface area contributed by atoms with E-state index in [2.05, 4.69) is 9.47 Å². The van der Waals surface area contributed by atoms with Crippen LogP contribution in [0.5, 0.6) is 0 Å². The number of rotatable bonds is 2. The molecule has 0 rings (SSSR count). The average Bonchev–Trinajstić information content (AvgIpc) is 2.00. The fraction of sp³-hybridized carbons (Fsp3) is 0.500. The van der Waals surface area contributed by atoms with Crippen molar-refractivity contribution in [3.8, 4) is 0 Å². The molecule has 11 heavy (non-hydrogen) atoms. The third kappa shape index (κ3) is 4.29. The molecule has 0 aliphatic heterocycles. The summed E-state index contributed by atoms with van der Waals surface area (Å²) in [5.41, 5.74) is -0.0509. The molecule has 0 atom stereocenters. The Kier molecular flexibility index (Phi) is 7.94. The third-order valence-corrected chi connectivity index (χ3v) is 0.983. The van der Waals surface area contributed by atoms with Crippen molar-refractivity contribution in [3.63, 3.8) is 0 Å². The van der Waals surface area contributed by atoms with Gasteiger partial charge in [0.05, 0.1) is 18.6 Å². The minimum absolute atomic E-state index is 0. The summed E-state index contributed by atoms with van der Waals surface area (Å²) < 4.78 is 8.52. The van der Waals surface area contributed by atoms with E-state index in [0.717, 1.165) is 0 Å². The number of carbonyl (C=O) groups excluding carboxylic acids is 1. The van der Waals surface area contributed by atoms with Gasteiger partial charge in [0.15, 0.2) is 0 Å². The first-order valence-corrected chi connectivity index (χ1v) is 2.63. The van der Waals surface area contributed by atoms with Crippen molar-refractivity contribution in [3.05, 3.63) is 11.5 Å². The molecule has 0 unspecified atom stereocenters. The fourth-order valence-corrected chi connectivity index (χ4v) is 0.390. The largest absolute Gasteiger partial charge is 1.00 e. The number of carbonyl (C=O) groups is 1. The summed E-state index contributed by atoms with van der Waals surface area (Å²) in [4.78, 5) is 10.6. The van der Waals surface area contributed by atoms with Crippen LogP contribution < -0.4 is 34.7 Å². The quantitative estimate of drug-likeness (QED) is 0.185. The SMILES string of the molecule is COC(=O)C(C)=C([O-])OC.[Na+]. The second kappa shape index (κ2) is 6.52. The Morgan fingerprint density at radius 1 is 1.27 bits per heavy atom. The maximum absolute atomic E-state index is 10.6. The molecule has 5 heteroatoms. The maximum atomic E-state index is 10.6. The van der Waals surface area contributed by atoms with Crippen LogP contribution in [0.3, 0.4) is 0 Å². The molecule has 58 valence electrons. The molecule has 0 aliphatic carbocycles. The average molecular weight is 168 g/mol. The Labute approximate surface area is 87.5 Å². The van der Waals surface area contributed by atoms with E-state index in [-0.39, 0.29) is 35.1 Å². The van der Waals surface area contributed by atoms with E-state index in [1.807, 2.05) is 0 Å². The van der Waals surface area contributed by atoms with Crippen LogP contribution in [0, 0.1) is 0 Å². The number of hydrogen-bond donors (Lipinski definition) is 0. The third-order valence-electron chi connectivity index (χ3n) is 0.983. The van der Waals surface area contributed by atoms with E-state index >= 15 is 0 Å². The van der Waals surface area contributed by atoms with Crippen LogP contribution in [0.1, 0.15) is 6.92 Å². The zero-order valence-corrected chi connectivity index (χ0v) is 9.13. The van der Waals surface area contributed by atoms with Gasteiger partial charge < -0.3 is 14.6 Å². The Morgan fingerprint density at radius 3 is 2.00 bits per heavy atom. The first kappa shape index (κ1) is 13.4. The van der Waals surface area contributed by atoms with Crippen molar-refractivity contribution in [2.24, 2.45) is 0 Å². The van der Waals surface area contributed by atoms with E-state index in [1.165, 1.54) is 21.1 Å². The molecule has 0 aromatic rings. The van der Waals surface area contributed by atoms with E-state index < -0.39 is 11.9 Å². The first-order chi connectivity index (χ1) is 4.63. The molecule has 0 heterocycles. The Hall–Kier alpha value is -0.190. The van der Waals surface area contributed by atoms with Gasteiger partial charge in [-0.25, -0.2) is 4.79 Å². The van der Waals surface area contributed by atoms with Gasteiger partial charge in [-0.15, -0.1) is 0 Å². The molecule has 0 N–H and O–H groups in total. The molecular formula is C6H9NaO4. The van der Waals surface area contributed by atoms with Crippen molar-refractivity contribution < 1.29 is 48.9 Å². The maximum Gasteiger partial charge on any atom is 1.00 e. The van der Waals surface area contributed by atoms with Crippen LogP contribution in [-0.2, 0) is 14.3 Å². The molecule has 0 radical (unpaired) electrons. The summed E-state index contributed by atoms with van der Waals surface area (Å²) in [6.45, 7) is 1.34. The standard InChI is InChI=1S/C6H10O4.Na/c1-4(5(7)9-2)6(8)10-3;/h7H,1-3H3;/q;+1/p-1. The molecule has 4 nitrogen and oxygen atoms in total. The monoisotopic (exact) mass is 168 g/mol. The molecular weight excluding hydrogens is 159 g/mol. The first-order valence-electron chi connectivity index (χ1n) is 2.63. The van der Waals surface area contributed by atoms with E-state index in [1.54, 1.807) is 0 Å². The summed E-state index contributed by atoms with van der Waals surface area (Å²) in [6.07, 6.45) is 0. The Morgan fingerprint density at radius 2 is 1.73 bits per heavy atom. The summed E-state index contributed by atoms with van der Waals surface area (Å²) in [5.74, 6) is -1.32. The molecule has 0 bridgehead atoms. The summed E-state index contributed by atoms with van der Waals surface area (Å²) >= 11 is 0. The van der Waals surface area contributed by atoms with Crippen molar-refractivity contribution in [1.29, 1.82) is 0 Å². The van der Waals surface area contributed by atoms with Gasteiger partial charge in [0, 0.05) is 0 Å². The number of hydrogen-bond acceptors (Lipinski definition) is 4. The van der Waals surface area contributed by atoms with E-state index in [0.29, 0.717) is 0 Å². The number of esters is 1. The Bertz CT molecular complexity index is 164. The van der Waals surface area contributed by atoms with Crippen LogP contribution in [0.4, 0.5) is 0 Å². The number of methoxy groups -OCH3 is 2. The van der Waals surface area contributed by atoms with Crippen LogP contribution in [0.2, 0.25) is 0 Å². The summed E-state index contributed by atoms with van der Waals surface area (Å²) in [7, 11) is 2.41. The van der Waals surface area contributed by atoms with E-state index in [4.69, 9.17) is 0 Å². The minimum atomic E-state index is -0.660. The molecule has 0 aliphatic rings. The fourth-order valence-electron chi connectivity index (χ4n) is 0.390. The van der Waals surface area contributed by atoms with Crippen LogP contribution in [0.25, 0.3) is 0 Å². The van der Waals surface area contributed by atoms with Gasteiger partial charge in [-0.3, -0.25) is 0 Å². The smallest absolute Gasteiger partial charge is 0.616 e.